The minimum atomic E-state index is 0.522. The molecular formula is C22H20N4O. The zero-order chi connectivity index (χ0) is 18.5. The van der Waals surface area contributed by atoms with E-state index in [1.807, 2.05) is 48.5 Å². The summed E-state index contributed by atoms with van der Waals surface area (Å²) in [5.74, 6) is 0.566. The first-order chi connectivity index (χ1) is 13.3. The van der Waals surface area contributed by atoms with Crippen molar-refractivity contribution < 1.29 is 4.74 Å². The predicted octanol–water partition coefficient (Wildman–Crippen LogP) is 4.20. The Kier molecular flexibility index (Phi) is 4.99. The molecule has 3 aromatic rings. The van der Waals surface area contributed by atoms with Crippen molar-refractivity contribution in [2.24, 2.45) is 0 Å². The van der Waals surface area contributed by atoms with Crippen LogP contribution in [0.2, 0.25) is 0 Å². The molecule has 1 N–H and O–H groups in total. The van der Waals surface area contributed by atoms with Crippen LogP contribution in [0.3, 0.4) is 0 Å². The van der Waals surface area contributed by atoms with Gasteiger partial charge in [0.1, 0.15) is 11.9 Å². The average Bonchev–Trinajstić information content (AvgIpc) is 2.76. The van der Waals surface area contributed by atoms with Crippen molar-refractivity contribution in [3.8, 4) is 17.2 Å². The van der Waals surface area contributed by atoms with Crippen molar-refractivity contribution in [1.82, 2.24) is 4.98 Å². The van der Waals surface area contributed by atoms with Gasteiger partial charge in [-0.1, -0.05) is 30.3 Å². The molecule has 0 radical (unpaired) electrons. The highest BCUT2D eigenvalue weighted by molar-refractivity contribution is 5.71. The van der Waals surface area contributed by atoms with Gasteiger partial charge in [0, 0.05) is 36.2 Å². The van der Waals surface area contributed by atoms with Gasteiger partial charge in [-0.25, -0.2) is 4.98 Å². The lowest BCUT2D eigenvalue weighted by Gasteiger charge is -2.28. The van der Waals surface area contributed by atoms with Gasteiger partial charge in [-0.15, -0.1) is 0 Å². The Bertz CT molecular complexity index is 942. The summed E-state index contributed by atoms with van der Waals surface area (Å²) in [6, 6.07) is 22.2. The normalized spacial score (nSPS) is 13.8. The highest BCUT2D eigenvalue weighted by Crippen LogP contribution is 2.26. The van der Waals surface area contributed by atoms with Gasteiger partial charge in [0.2, 0.25) is 0 Å². The molecule has 2 aromatic carbocycles. The van der Waals surface area contributed by atoms with Crippen molar-refractivity contribution >= 4 is 17.2 Å². The van der Waals surface area contributed by atoms with Crippen molar-refractivity contribution in [3.63, 3.8) is 0 Å². The molecule has 0 amide bonds. The van der Waals surface area contributed by atoms with Crippen LogP contribution in [0.5, 0.6) is 0 Å². The Morgan fingerprint density at radius 2 is 1.70 bits per heavy atom. The van der Waals surface area contributed by atoms with Gasteiger partial charge in [-0.2, -0.15) is 5.26 Å². The van der Waals surface area contributed by atoms with E-state index in [0.717, 1.165) is 43.1 Å². The van der Waals surface area contributed by atoms with Crippen molar-refractivity contribution in [2.45, 2.75) is 0 Å². The number of ether oxygens (including phenoxy) is 1. The molecule has 5 nitrogen and oxygen atoms in total. The van der Waals surface area contributed by atoms with Gasteiger partial charge in [0.25, 0.3) is 0 Å². The molecular weight excluding hydrogens is 336 g/mol. The minimum Gasteiger partial charge on any atom is -0.378 e. The molecule has 0 aliphatic carbocycles. The van der Waals surface area contributed by atoms with Gasteiger partial charge in [0.15, 0.2) is 0 Å². The Morgan fingerprint density at radius 3 is 2.41 bits per heavy atom. The second-order valence-electron chi connectivity index (χ2n) is 6.37. The third kappa shape index (κ3) is 3.91. The van der Waals surface area contributed by atoms with E-state index >= 15 is 0 Å². The molecule has 5 heteroatoms. The first-order valence-corrected chi connectivity index (χ1v) is 8.99. The molecule has 1 saturated heterocycles. The molecule has 0 saturated carbocycles. The molecule has 2 heterocycles. The van der Waals surface area contributed by atoms with E-state index in [9.17, 15) is 5.26 Å². The fourth-order valence-corrected chi connectivity index (χ4v) is 3.15. The molecule has 1 aromatic heterocycles. The van der Waals surface area contributed by atoms with E-state index in [0.29, 0.717) is 11.4 Å². The number of hydrogen-bond acceptors (Lipinski definition) is 5. The Labute approximate surface area is 158 Å². The SMILES string of the molecule is N#Cc1cc(-c2ccccc2)cnc1Nc1ccc(N2CCOCC2)cc1. The van der Waals surface area contributed by atoms with E-state index in [1.165, 1.54) is 5.69 Å². The molecule has 1 fully saturated rings. The number of hydrogen-bond donors (Lipinski definition) is 1. The number of morpholine rings is 1. The monoisotopic (exact) mass is 356 g/mol. The summed E-state index contributed by atoms with van der Waals surface area (Å²) in [4.78, 5) is 6.78. The van der Waals surface area contributed by atoms with Gasteiger partial charge in [0.05, 0.1) is 18.8 Å². The summed E-state index contributed by atoms with van der Waals surface area (Å²) in [6.07, 6.45) is 1.79. The van der Waals surface area contributed by atoms with Crippen LogP contribution in [-0.4, -0.2) is 31.3 Å². The molecule has 134 valence electrons. The molecule has 0 spiro atoms. The second kappa shape index (κ2) is 7.90. The largest absolute Gasteiger partial charge is 0.378 e. The van der Waals surface area contributed by atoms with Crippen LogP contribution in [0.15, 0.2) is 66.9 Å². The van der Waals surface area contributed by atoms with Crippen LogP contribution in [-0.2, 0) is 4.74 Å². The summed E-state index contributed by atoms with van der Waals surface area (Å²) >= 11 is 0. The first-order valence-electron chi connectivity index (χ1n) is 8.99. The maximum absolute atomic E-state index is 9.53. The van der Waals surface area contributed by atoms with Crippen molar-refractivity contribution in [2.75, 3.05) is 36.5 Å². The van der Waals surface area contributed by atoms with Crippen molar-refractivity contribution in [1.29, 1.82) is 5.26 Å². The molecule has 0 unspecified atom stereocenters. The Hall–Kier alpha value is -3.36. The summed E-state index contributed by atoms with van der Waals surface area (Å²) in [6.45, 7) is 3.36. The summed E-state index contributed by atoms with van der Waals surface area (Å²) in [7, 11) is 0. The number of nitrogens with zero attached hydrogens (tertiary/aromatic N) is 3. The number of pyridine rings is 1. The average molecular weight is 356 g/mol. The fourth-order valence-electron chi connectivity index (χ4n) is 3.15. The topological polar surface area (TPSA) is 61.2 Å². The number of aromatic nitrogens is 1. The standard InChI is InChI=1S/C22H20N4O/c23-15-18-14-19(17-4-2-1-3-5-17)16-24-22(18)25-20-6-8-21(9-7-20)26-10-12-27-13-11-26/h1-9,14,16H,10-13H2,(H,24,25). The zero-order valence-electron chi connectivity index (χ0n) is 14.9. The predicted molar refractivity (Wildman–Crippen MR) is 107 cm³/mol. The van der Waals surface area contributed by atoms with E-state index in [1.54, 1.807) is 6.20 Å². The van der Waals surface area contributed by atoms with Crippen LogP contribution < -0.4 is 10.2 Å². The van der Waals surface area contributed by atoms with Gasteiger partial charge >= 0.3 is 0 Å². The van der Waals surface area contributed by atoms with Gasteiger partial charge < -0.3 is 15.0 Å². The lowest BCUT2D eigenvalue weighted by Crippen LogP contribution is -2.36. The molecule has 1 aliphatic heterocycles. The molecule has 0 atom stereocenters. The lowest BCUT2D eigenvalue weighted by molar-refractivity contribution is 0.122. The van der Waals surface area contributed by atoms with Crippen LogP contribution in [0, 0.1) is 11.3 Å². The number of benzene rings is 2. The first kappa shape index (κ1) is 17.1. The smallest absolute Gasteiger partial charge is 0.148 e. The molecule has 4 rings (SSSR count). The molecule has 27 heavy (non-hydrogen) atoms. The minimum absolute atomic E-state index is 0.522. The van der Waals surface area contributed by atoms with E-state index < -0.39 is 0 Å². The van der Waals surface area contributed by atoms with Crippen LogP contribution in [0.4, 0.5) is 17.2 Å². The summed E-state index contributed by atoms with van der Waals surface area (Å²) in [5.41, 5.74) is 4.58. The molecule has 1 aliphatic rings. The third-order valence-electron chi connectivity index (χ3n) is 4.62. The second-order valence-corrected chi connectivity index (χ2v) is 6.37. The maximum atomic E-state index is 9.53. The zero-order valence-corrected chi connectivity index (χ0v) is 14.9. The fraction of sp³-hybridized carbons (Fsp3) is 0.182. The van der Waals surface area contributed by atoms with Crippen molar-refractivity contribution in [3.05, 3.63) is 72.4 Å². The number of rotatable bonds is 4. The van der Waals surface area contributed by atoms with Crippen LogP contribution in [0.25, 0.3) is 11.1 Å². The Morgan fingerprint density at radius 1 is 0.963 bits per heavy atom. The highest BCUT2D eigenvalue weighted by Gasteiger charge is 2.11. The van der Waals surface area contributed by atoms with E-state index in [2.05, 4.69) is 33.4 Å². The van der Waals surface area contributed by atoms with E-state index in [-0.39, 0.29) is 0 Å². The Balaban J connectivity index is 1.53. The quantitative estimate of drug-likeness (QED) is 0.759. The van der Waals surface area contributed by atoms with Gasteiger partial charge in [-0.3, -0.25) is 0 Å². The maximum Gasteiger partial charge on any atom is 0.148 e. The number of anilines is 3. The molecule has 0 bridgehead atoms. The number of nitriles is 1. The summed E-state index contributed by atoms with van der Waals surface area (Å²) in [5, 5.41) is 12.8. The highest BCUT2D eigenvalue weighted by atomic mass is 16.5. The third-order valence-corrected chi connectivity index (χ3v) is 4.62. The summed E-state index contributed by atoms with van der Waals surface area (Å²) < 4.78 is 5.40. The lowest BCUT2D eigenvalue weighted by atomic mass is 10.1. The van der Waals surface area contributed by atoms with Crippen LogP contribution in [0.1, 0.15) is 5.56 Å². The van der Waals surface area contributed by atoms with E-state index in [4.69, 9.17) is 4.74 Å². The number of nitrogens with one attached hydrogen (secondary N) is 1. The van der Waals surface area contributed by atoms with Gasteiger partial charge in [-0.05, 0) is 35.9 Å². The van der Waals surface area contributed by atoms with Crippen LogP contribution >= 0.6 is 0 Å².